The summed E-state index contributed by atoms with van der Waals surface area (Å²) in [6.45, 7) is 2.91. The first-order valence-electron chi connectivity index (χ1n) is 3.06. The fourth-order valence-electron chi connectivity index (χ4n) is 0. The van der Waals surface area contributed by atoms with Gasteiger partial charge in [0.25, 0.3) is 11.9 Å². The fourth-order valence-corrected chi connectivity index (χ4v) is 0. The van der Waals surface area contributed by atoms with E-state index in [1.165, 1.54) is 13.8 Å². The van der Waals surface area contributed by atoms with Crippen molar-refractivity contribution < 1.29 is 19.8 Å². The molecule has 0 aromatic heterocycles. The van der Waals surface area contributed by atoms with E-state index in [1.54, 1.807) is 0 Å². The minimum Gasteiger partial charge on any atom is -0.778 e. The van der Waals surface area contributed by atoms with Crippen LogP contribution in [0.1, 0.15) is 13.8 Å². The molecule has 2 unspecified atom stereocenters. The number of carbonyl (C=O) groups is 2. The van der Waals surface area contributed by atoms with Crippen LogP contribution in [0.3, 0.4) is 0 Å². The second-order valence-electron chi connectivity index (χ2n) is 1.96. The number of hydrogen-bond acceptors (Lipinski definition) is 4. The van der Waals surface area contributed by atoms with E-state index in [9.17, 15) is 9.59 Å². The van der Waals surface area contributed by atoms with Gasteiger partial charge in [-0.2, -0.15) is 0 Å². The molecule has 0 aromatic rings. The van der Waals surface area contributed by atoms with Crippen LogP contribution in [0, 0.1) is 0 Å². The van der Waals surface area contributed by atoms with E-state index in [0.717, 1.165) is 0 Å². The summed E-state index contributed by atoms with van der Waals surface area (Å²) in [5.41, 5.74) is 0. The Labute approximate surface area is 98.9 Å². The van der Waals surface area contributed by atoms with Crippen molar-refractivity contribution in [3.05, 3.63) is 0 Å². The molecule has 0 amide bonds. The minimum absolute atomic E-state index is 0. The van der Waals surface area contributed by atoms with Crippen LogP contribution in [0.5, 0.6) is 0 Å². The van der Waals surface area contributed by atoms with Gasteiger partial charge in [-0.05, 0) is 0 Å². The zero-order valence-corrected chi connectivity index (χ0v) is 10.9. The predicted octanol–water partition coefficient (Wildman–Crippen LogP) is -0.368. The molecule has 0 heterocycles. The summed E-state index contributed by atoms with van der Waals surface area (Å²) >= 11 is 8.61. The summed E-state index contributed by atoms with van der Waals surface area (Å²) in [7, 11) is 0. The molecule has 76 valence electrons. The van der Waals surface area contributed by atoms with Crippen LogP contribution in [0.2, 0.25) is 0 Å². The third-order valence-electron chi connectivity index (χ3n) is 0.696. The molecule has 0 aliphatic heterocycles. The Balaban J connectivity index is -0.000000143. The monoisotopic (exact) mass is 284 g/mol. The normalized spacial score (nSPS) is 12.6. The van der Waals surface area contributed by atoms with Crippen LogP contribution in [-0.2, 0) is 34.8 Å². The molecule has 2 N–H and O–H groups in total. The Morgan fingerprint density at radius 2 is 1.08 bits per heavy atom. The maximum atomic E-state index is 9.59. The molecular weight excluding hydrogens is 273 g/mol. The molecule has 0 bridgehead atoms. The van der Waals surface area contributed by atoms with Crippen molar-refractivity contribution in [1.82, 2.24) is 0 Å². The maximum absolute atomic E-state index is 9.59. The maximum Gasteiger partial charge on any atom is 0.281 e. The van der Waals surface area contributed by atoms with Gasteiger partial charge < -0.3 is 35.5 Å². The zero-order chi connectivity index (χ0) is 10.3. The molecule has 0 aliphatic rings. The Morgan fingerprint density at radius 1 is 1.00 bits per heavy atom. The molecule has 0 saturated carbocycles. The molecule has 13 heavy (non-hydrogen) atoms. The molecule has 0 aromatic carbocycles. The van der Waals surface area contributed by atoms with Gasteiger partial charge in [0.1, 0.15) is 0 Å². The van der Waals surface area contributed by atoms with Crippen LogP contribution in [0.25, 0.3) is 0 Å². The first kappa shape index (κ1) is 18.9. The Bertz CT molecular complexity index is 143. The van der Waals surface area contributed by atoms with Crippen LogP contribution in [-0.4, -0.2) is 50.2 Å². The molecule has 2 atom stereocenters. The van der Waals surface area contributed by atoms with Crippen molar-refractivity contribution >= 4 is 54.8 Å². The zero-order valence-electron chi connectivity index (χ0n) is 7.18. The van der Waals surface area contributed by atoms with E-state index >= 15 is 0 Å². The van der Waals surface area contributed by atoms with E-state index in [2.05, 4.69) is 25.3 Å². The number of aliphatic carboxylic acids is 2. The van der Waals surface area contributed by atoms with Crippen molar-refractivity contribution in [2.75, 3.05) is 0 Å². The average Bonchev–Trinajstić information content (AvgIpc) is 1.88. The molecule has 0 fully saturated rings. The summed E-state index contributed by atoms with van der Waals surface area (Å²) in [6.07, 6.45) is 0. The standard InChI is InChI=1S/2C3H6O2S.Ge/c2*1-2(6)3(4)5;/h2*2,6H,1H3,(H,4,5);/p-2. The second kappa shape index (κ2) is 10.3. The molecule has 0 rings (SSSR count). The topological polar surface area (TPSA) is 74.6 Å². The van der Waals surface area contributed by atoms with Gasteiger partial charge >= 0.3 is 0 Å². The Hall–Kier alpha value is 0.183. The van der Waals surface area contributed by atoms with Gasteiger partial charge in [-0.25, -0.2) is 0 Å². The molecule has 7 heteroatoms. The fraction of sp³-hybridized carbons (Fsp3) is 0.667. The van der Waals surface area contributed by atoms with Gasteiger partial charge in [-0.3, -0.25) is 9.59 Å². The second-order valence-corrected chi connectivity index (χ2v) is 3.38. The number of rotatable bonds is 2. The molecular formula is C6H10GeO4S2-2. The molecule has 4 radical (unpaired) electrons. The number of hydrogen-bond donors (Lipinski definition) is 2. The van der Waals surface area contributed by atoms with Crippen molar-refractivity contribution in [1.29, 1.82) is 0 Å². The van der Waals surface area contributed by atoms with Crippen LogP contribution in [0.4, 0.5) is 0 Å². The van der Waals surface area contributed by atoms with Gasteiger partial charge in [-0.1, -0.05) is 24.3 Å². The Morgan fingerprint density at radius 3 is 1.08 bits per heavy atom. The van der Waals surface area contributed by atoms with Crippen LogP contribution in [0.15, 0.2) is 0 Å². The first-order valence-corrected chi connectivity index (χ1v) is 4.00. The SMILES string of the molecule is CC([S-])C(=O)O.CC([S-])C(=O)O.[Ge]. The van der Waals surface area contributed by atoms with Crippen molar-refractivity contribution in [2.45, 2.75) is 24.3 Å². The van der Waals surface area contributed by atoms with Crippen molar-refractivity contribution in [3.8, 4) is 0 Å². The van der Waals surface area contributed by atoms with Crippen LogP contribution >= 0.6 is 0 Å². The number of carboxylic acid groups (broad SMARTS) is 2. The summed E-state index contributed by atoms with van der Waals surface area (Å²) in [6, 6.07) is 0. The summed E-state index contributed by atoms with van der Waals surface area (Å²) < 4.78 is 0. The first-order chi connectivity index (χ1) is 5.29. The molecule has 0 spiro atoms. The largest absolute Gasteiger partial charge is 0.778 e. The van der Waals surface area contributed by atoms with Gasteiger partial charge in [0, 0.05) is 17.6 Å². The van der Waals surface area contributed by atoms with Gasteiger partial charge in [0.05, 0.1) is 0 Å². The number of carboxylic acids is 2. The summed E-state index contributed by atoms with van der Waals surface area (Å²) in [4.78, 5) is 19.2. The van der Waals surface area contributed by atoms with E-state index in [1.807, 2.05) is 0 Å². The third kappa shape index (κ3) is 18.9. The van der Waals surface area contributed by atoms with E-state index in [4.69, 9.17) is 10.2 Å². The van der Waals surface area contributed by atoms with E-state index < -0.39 is 22.4 Å². The Kier molecular flexibility index (Phi) is 14.9. The van der Waals surface area contributed by atoms with E-state index in [-0.39, 0.29) is 17.6 Å². The minimum atomic E-state index is -0.926. The molecule has 0 aliphatic carbocycles. The average molecular weight is 283 g/mol. The smallest absolute Gasteiger partial charge is 0.281 e. The van der Waals surface area contributed by atoms with Crippen molar-refractivity contribution in [3.63, 3.8) is 0 Å². The van der Waals surface area contributed by atoms with Gasteiger partial charge in [-0.15, -0.1) is 0 Å². The summed E-state index contributed by atoms with van der Waals surface area (Å²) in [5.74, 6) is -1.85. The van der Waals surface area contributed by atoms with Gasteiger partial charge in [0.15, 0.2) is 0 Å². The van der Waals surface area contributed by atoms with E-state index in [0.29, 0.717) is 0 Å². The molecule has 0 saturated heterocycles. The summed E-state index contributed by atoms with van der Waals surface area (Å²) in [5, 5.41) is 14.5. The quantitative estimate of drug-likeness (QED) is 0.532. The third-order valence-corrected chi connectivity index (χ3v) is 1.10. The van der Waals surface area contributed by atoms with Crippen LogP contribution < -0.4 is 0 Å². The molecule has 4 nitrogen and oxygen atoms in total. The predicted molar refractivity (Wildman–Crippen MR) is 54.7 cm³/mol. The van der Waals surface area contributed by atoms with Gasteiger partial charge in [0.2, 0.25) is 0 Å². The van der Waals surface area contributed by atoms with Crippen molar-refractivity contribution in [2.24, 2.45) is 0 Å².